The van der Waals surface area contributed by atoms with Crippen LogP contribution in [0.15, 0.2) is 35.7 Å². The van der Waals surface area contributed by atoms with E-state index >= 15 is 0 Å². The average Bonchev–Trinajstić information content (AvgIpc) is 3.01. The fraction of sp³-hybridized carbons (Fsp3) is 0.267. The Morgan fingerprint density at radius 2 is 2.21 bits per heavy atom. The minimum Gasteiger partial charge on any atom is -0.356 e. The third-order valence-corrected chi connectivity index (χ3v) is 4.93. The molecule has 4 rings (SSSR count). The molecule has 0 radical (unpaired) electrons. The second-order valence-electron chi connectivity index (χ2n) is 4.99. The van der Waals surface area contributed by atoms with Gasteiger partial charge in [0.1, 0.15) is 0 Å². The Morgan fingerprint density at radius 3 is 3.05 bits per heavy atom. The van der Waals surface area contributed by atoms with E-state index < -0.39 is 0 Å². The van der Waals surface area contributed by atoms with Crippen LogP contribution in [0.5, 0.6) is 0 Å². The lowest BCUT2D eigenvalue weighted by Gasteiger charge is -2.26. The molecule has 19 heavy (non-hydrogen) atoms. The summed E-state index contributed by atoms with van der Waals surface area (Å²) in [6.07, 6.45) is 1.12. The molecule has 0 saturated heterocycles. The van der Waals surface area contributed by atoms with Gasteiger partial charge in [-0.3, -0.25) is 0 Å². The zero-order valence-corrected chi connectivity index (χ0v) is 11.6. The number of aryl methyl sites for hydroxylation is 1. The van der Waals surface area contributed by atoms with Crippen LogP contribution in [0.2, 0.25) is 0 Å². The van der Waals surface area contributed by atoms with Gasteiger partial charge < -0.3 is 9.88 Å². The molecule has 0 amide bonds. The molecular weight excluding hydrogens is 254 g/mol. The SMILES string of the molecule is Cc1ccsc1C1CCNc2nc3ccccc3n21. The lowest BCUT2D eigenvalue weighted by molar-refractivity contribution is 0.549. The van der Waals surface area contributed by atoms with Crippen molar-refractivity contribution < 1.29 is 0 Å². The Kier molecular flexibility index (Phi) is 2.38. The zero-order valence-electron chi connectivity index (χ0n) is 10.8. The number of rotatable bonds is 1. The molecule has 0 saturated carbocycles. The molecule has 3 aromatic rings. The highest BCUT2D eigenvalue weighted by molar-refractivity contribution is 7.10. The van der Waals surface area contributed by atoms with E-state index in [4.69, 9.17) is 4.98 Å². The molecule has 1 aliphatic heterocycles. The lowest BCUT2D eigenvalue weighted by Crippen LogP contribution is -2.23. The number of imidazole rings is 1. The summed E-state index contributed by atoms with van der Waals surface area (Å²) in [6, 6.07) is 11.0. The number of para-hydroxylation sites is 2. The zero-order chi connectivity index (χ0) is 12.8. The van der Waals surface area contributed by atoms with Gasteiger partial charge in [0.05, 0.1) is 17.1 Å². The minimum atomic E-state index is 0.420. The second-order valence-corrected chi connectivity index (χ2v) is 5.94. The highest BCUT2D eigenvalue weighted by atomic mass is 32.1. The maximum absolute atomic E-state index is 4.70. The summed E-state index contributed by atoms with van der Waals surface area (Å²) in [7, 11) is 0. The summed E-state index contributed by atoms with van der Waals surface area (Å²) in [5.74, 6) is 1.00. The molecule has 1 N–H and O–H groups in total. The molecule has 3 nitrogen and oxygen atoms in total. The first kappa shape index (κ1) is 11.1. The Balaban J connectivity index is 1.97. The normalized spacial score (nSPS) is 18.3. The van der Waals surface area contributed by atoms with Gasteiger partial charge in [-0.2, -0.15) is 0 Å². The molecule has 4 heteroatoms. The van der Waals surface area contributed by atoms with E-state index in [1.165, 1.54) is 16.0 Å². The van der Waals surface area contributed by atoms with Crippen molar-refractivity contribution in [1.29, 1.82) is 0 Å². The number of benzene rings is 1. The first-order chi connectivity index (χ1) is 9.34. The fourth-order valence-electron chi connectivity index (χ4n) is 2.91. The van der Waals surface area contributed by atoms with Crippen LogP contribution < -0.4 is 5.32 Å². The number of fused-ring (bicyclic) bond motifs is 3. The number of aromatic nitrogens is 2. The highest BCUT2D eigenvalue weighted by Gasteiger charge is 2.26. The van der Waals surface area contributed by atoms with E-state index in [1.54, 1.807) is 0 Å². The van der Waals surface area contributed by atoms with E-state index in [1.807, 2.05) is 17.4 Å². The molecule has 3 heterocycles. The smallest absolute Gasteiger partial charge is 0.204 e. The third kappa shape index (κ3) is 1.60. The second kappa shape index (κ2) is 4.10. The van der Waals surface area contributed by atoms with Gasteiger partial charge in [0, 0.05) is 11.4 Å². The molecule has 0 spiro atoms. The van der Waals surface area contributed by atoms with Crippen molar-refractivity contribution >= 4 is 28.3 Å². The molecule has 0 fully saturated rings. The number of hydrogen-bond acceptors (Lipinski definition) is 3. The Bertz CT molecular complexity index is 741. The van der Waals surface area contributed by atoms with Crippen LogP contribution in [0, 0.1) is 6.92 Å². The van der Waals surface area contributed by atoms with Crippen LogP contribution in [0.4, 0.5) is 5.95 Å². The number of thiophene rings is 1. The van der Waals surface area contributed by atoms with Gasteiger partial charge in [0.25, 0.3) is 0 Å². The molecule has 2 aromatic heterocycles. The summed E-state index contributed by atoms with van der Waals surface area (Å²) in [6.45, 7) is 3.19. The predicted molar refractivity (Wildman–Crippen MR) is 80.0 cm³/mol. The first-order valence-corrected chi connectivity index (χ1v) is 7.47. The van der Waals surface area contributed by atoms with E-state index in [0.29, 0.717) is 6.04 Å². The molecule has 1 aromatic carbocycles. The van der Waals surface area contributed by atoms with Crippen LogP contribution in [0.1, 0.15) is 22.9 Å². The molecule has 0 bridgehead atoms. The van der Waals surface area contributed by atoms with Crippen molar-refractivity contribution in [3.8, 4) is 0 Å². The van der Waals surface area contributed by atoms with Gasteiger partial charge in [0.15, 0.2) is 0 Å². The summed E-state index contributed by atoms with van der Waals surface area (Å²) in [4.78, 5) is 6.16. The summed E-state index contributed by atoms with van der Waals surface area (Å²) in [5, 5.41) is 5.61. The molecule has 96 valence electrons. The van der Waals surface area contributed by atoms with Gasteiger partial charge in [-0.15, -0.1) is 11.3 Å². The molecule has 0 aliphatic carbocycles. The number of hydrogen-bond donors (Lipinski definition) is 1. The lowest BCUT2D eigenvalue weighted by atomic mass is 10.1. The van der Waals surface area contributed by atoms with Crippen LogP contribution in [0.3, 0.4) is 0 Å². The van der Waals surface area contributed by atoms with E-state index in [2.05, 4.69) is 46.5 Å². The molecule has 1 aliphatic rings. The Morgan fingerprint density at radius 1 is 1.32 bits per heavy atom. The van der Waals surface area contributed by atoms with Crippen LogP contribution in [0.25, 0.3) is 11.0 Å². The predicted octanol–water partition coefficient (Wildman–Crippen LogP) is 3.81. The Labute approximate surface area is 115 Å². The standard InChI is InChI=1S/C15H15N3S/c1-10-7-9-19-14(10)13-6-8-16-15-17-11-4-2-3-5-12(11)18(13)15/h2-5,7,9,13H,6,8H2,1H3,(H,16,17). The highest BCUT2D eigenvalue weighted by Crippen LogP contribution is 2.37. The van der Waals surface area contributed by atoms with Crippen molar-refractivity contribution in [2.24, 2.45) is 0 Å². The van der Waals surface area contributed by atoms with Gasteiger partial charge in [-0.25, -0.2) is 4.98 Å². The summed E-state index contributed by atoms with van der Waals surface area (Å²) in [5.41, 5.74) is 3.69. The summed E-state index contributed by atoms with van der Waals surface area (Å²) < 4.78 is 2.36. The van der Waals surface area contributed by atoms with Gasteiger partial charge in [-0.05, 0) is 42.5 Å². The van der Waals surface area contributed by atoms with Crippen molar-refractivity contribution in [3.63, 3.8) is 0 Å². The maximum atomic E-state index is 4.70. The van der Waals surface area contributed by atoms with E-state index in [9.17, 15) is 0 Å². The van der Waals surface area contributed by atoms with Gasteiger partial charge in [-0.1, -0.05) is 12.1 Å². The topological polar surface area (TPSA) is 29.9 Å². The largest absolute Gasteiger partial charge is 0.356 e. The maximum Gasteiger partial charge on any atom is 0.204 e. The van der Waals surface area contributed by atoms with Crippen molar-refractivity contribution in [3.05, 3.63) is 46.2 Å². The van der Waals surface area contributed by atoms with Gasteiger partial charge in [0.2, 0.25) is 5.95 Å². The molecular formula is C15H15N3S. The van der Waals surface area contributed by atoms with E-state index in [-0.39, 0.29) is 0 Å². The average molecular weight is 269 g/mol. The van der Waals surface area contributed by atoms with Crippen LogP contribution in [-0.4, -0.2) is 16.1 Å². The fourth-order valence-corrected chi connectivity index (χ4v) is 3.96. The number of nitrogens with one attached hydrogen (secondary N) is 1. The van der Waals surface area contributed by atoms with Crippen LogP contribution >= 0.6 is 11.3 Å². The number of nitrogens with zero attached hydrogens (tertiary/aromatic N) is 2. The van der Waals surface area contributed by atoms with Crippen molar-refractivity contribution in [2.45, 2.75) is 19.4 Å². The molecule has 1 atom stereocenters. The Hall–Kier alpha value is -1.81. The quantitative estimate of drug-likeness (QED) is 0.728. The van der Waals surface area contributed by atoms with Crippen molar-refractivity contribution in [1.82, 2.24) is 9.55 Å². The van der Waals surface area contributed by atoms with Crippen molar-refractivity contribution in [2.75, 3.05) is 11.9 Å². The van der Waals surface area contributed by atoms with E-state index in [0.717, 1.165) is 24.4 Å². The monoisotopic (exact) mass is 269 g/mol. The van der Waals surface area contributed by atoms with Crippen LogP contribution in [-0.2, 0) is 0 Å². The molecule has 1 unspecified atom stereocenters. The third-order valence-electron chi connectivity index (χ3n) is 3.81. The number of anilines is 1. The minimum absolute atomic E-state index is 0.420. The summed E-state index contributed by atoms with van der Waals surface area (Å²) >= 11 is 1.86. The van der Waals surface area contributed by atoms with Gasteiger partial charge >= 0.3 is 0 Å². The first-order valence-electron chi connectivity index (χ1n) is 6.59.